The monoisotopic (exact) mass is 390 g/mol. The van der Waals surface area contributed by atoms with Gasteiger partial charge >= 0.3 is 6.03 Å². The van der Waals surface area contributed by atoms with Gasteiger partial charge in [-0.1, -0.05) is 36.4 Å². The van der Waals surface area contributed by atoms with Crippen LogP contribution in [0.15, 0.2) is 60.7 Å². The van der Waals surface area contributed by atoms with Crippen LogP contribution in [0.25, 0.3) is 5.69 Å². The molecule has 29 heavy (non-hydrogen) atoms. The van der Waals surface area contributed by atoms with E-state index in [9.17, 15) is 4.79 Å². The lowest BCUT2D eigenvalue weighted by Gasteiger charge is -2.30. The number of benzene rings is 2. The van der Waals surface area contributed by atoms with E-state index >= 15 is 0 Å². The van der Waals surface area contributed by atoms with E-state index in [0.717, 1.165) is 41.2 Å². The number of hydrogen-bond donors (Lipinski definition) is 2. The molecule has 1 aliphatic heterocycles. The standard InChI is InChI=1S/C23H26N4O2/c1-16-13-17(2)27(26-16)21-10-6-9-19(14-21)24-23(28)25-20-11-12-29-22(15-20)18-7-4-3-5-8-18/h3-10,13-14,20,22H,11-12,15H2,1-2H3,(H2,24,25,28)/t20-,22+/m0/s1. The molecule has 0 bridgehead atoms. The predicted molar refractivity (Wildman–Crippen MR) is 113 cm³/mol. The smallest absolute Gasteiger partial charge is 0.319 e. The number of nitrogens with one attached hydrogen (secondary N) is 2. The fraction of sp³-hybridized carbons (Fsp3) is 0.304. The summed E-state index contributed by atoms with van der Waals surface area (Å²) in [5, 5.41) is 10.5. The van der Waals surface area contributed by atoms with Crippen molar-refractivity contribution in [1.82, 2.24) is 15.1 Å². The minimum absolute atomic E-state index is 0.0182. The zero-order valence-electron chi connectivity index (χ0n) is 16.8. The lowest BCUT2D eigenvalue weighted by atomic mass is 9.97. The Morgan fingerprint density at radius 2 is 1.93 bits per heavy atom. The Morgan fingerprint density at radius 1 is 1.10 bits per heavy atom. The molecule has 0 unspecified atom stereocenters. The molecule has 1 saturated heterocycles. The molecular formula is C23H26N4O2. The molecule has 0 radical (unpaired) electrons. The molecule has 2 amide bonds. The molecule has 6 heteroatoms. The number of aromatic nitrogens is 2. The molecule has 2 heterocycles. The maximum absolute atomic E-state index is 12.6. The van der Waals surface area contributed by atoms with Crippen molar-refractivity contribution >= 4 is 11.7 Å². The van der Waals surface area contributed by atoms with Crippen molar-refractivity contribution in [2.45, 2.75) is 38.8 Å². The Bertz CT molecular complexity index is 984. The average Bonchev–Trinajstić information content (AvgIpc) is 3.07. The van der Waals surface area contributed by atoms with Crippen LogP contribution in [-0.4, -0.2) is 28.5 Å². The quantitative estimate of drug-likeness (QED) is 0.688. The van der Waals surface area contributed by atoms with Crippen LogP contribution in [0.5, 0.6) is 0 Å². The number of rotatable bonds is 4. The summed E-state index contributed by atoms with van der Waals surface area (Å²) in [6.07, 6.45) is 1.59. The number of hydrogen-bond acceptors (Lipinski definition) is 3. The molecule has 1 aliphatic rings. The Hall–Kier alpha value is -3.12. The van der Waals surface area contributed by atoms with Crippen LogP contribution in [0.2, 0.25) is 0 Å². The van der Waals surface area contributed by atoms with E-state index in [1.807, 2.05) is 67.1 Å². The van der Waals surface area contributed by atoms with Gasteiger partial charge in [-0.3, -0.25) is 0 Å². The summed E-state index contributed by atoms with van der Waals surface area (Å²) in [5.41, 5.74) is 4.82. The van der Waals surface area contributed by atoms with Crippen LogP contribution in [-0.2, 0) is 4.74 Å². The molecule has 3 aromatic rings. The first kappa shape index (κ1) is 19.2. The van der Waals surface area contributed by atoms with Crippen LogP contribution in [0.1, 0.15) is 35.9 Å². The van der Waals surface area contributed by atoms with Gasteiger partial charge in [-0.15, -0.1) is 0 Å². The van der Waals surface area contributed by atoms with Crippen LogP contribution in [0, 0.1) is 13.8 Å². The Morgan fingerprint density at radius 3 is 2.69 bits per heavy atom. The number of aryl methyl sites for hydroxylation is 2. The molecule has 0 aliphatic carbocycles. The van der Waals surface area contributed by atoms with Crippen molar-refractivity contribution in [1.29, 1.82) is 0 Å². The second-order valence-corrected chi connectivity index (χ2v) is 7.48. The van der Waals surface area contributed by atoms with Crippen LogP contribution < -0.4 is 10.6 Å². The Labute approximate surface area is 170 Å². The van der Waals surface area contributed by atoms with E-state index in [-0.39, 0.29) is 18.2 Å². The van der Waals surface area contributed by atoms with Crippen LogP contribution in [0.4, 0.5) is 10.5 Å². The highest BCUT2D eigenvalue weighted by Gasteiger charge is 2.25. The predicted octanol–water partition coefficient (Wildman–Crippen LogP) is 4.53. The number of carbonyl (C=O) groups is 1. The highest BCUT2D eigenvalue weighted by atomic mass is 16.5. The highest BCUT2D eigenvalue weighted by molar-refractivity contribution is 5.89. The average molecular weight is 390 g/mol. The van der Waals surface area contributed by atoms with E-state index in [4.69, 9.17) is 4.74 Å². The van der Waals surface area contributed by atoms with E-state index in [1.54, 1.807) is 0 Å². The van der Waals surface area contributed by atoms with Crippen molar-refractivity contribution in [2.75, 3.05) is 11.9 Å². The first-order valence-corrected chi connectivity index (χ1v) is 9.96. The molecule has 150 valence electrons. The van der Waals surface area contributed by atoms with Crippen molar-refractivity contribution in [3.63, 3.8) is 0 Å². The van der Waals surface area contributed by atoms with Gasteiger partial charge < -0.3 is 15.4 Å². The van der Waals surface area contributed by atoms with Crippen LogP contribution in [0.3, 0.4) is 0 Å². The summed E-state index contributed by atoms with van der Waals surface area (Å²) >= 11 is 0. The van der Waals surface area contributed by atoms with Crippen molar-refractivity contribution in [3.8, 4) is 5.69 Å². The number of anilines is 1. The fourth-order valence-corrected chi connectivity index (χ4v) is 3.79. The first-order chi connectivity index (χ1) is 14.1. The van der Waals surface area contributed by atoms with Gasteiger partial charge in [0.1, 0.15) is 0 Å². The number of nitrogens with zero attached hydrogens (tertiary/aromatic N) is 2. The van der Waals surface area contributed by atoms with Gasteiger partial charge in [0.05, 0.1) is 17.5 Å². The summed E-state index contributed by atoms with van der Waals surface area (Å²) in [6, 6.07) is 19.8. The van der Waals surface area contributed by atoms with Gasteiger partial charge in [0.25, 0.3) is 0 Å². The number of carbonyl (C=O) groups excluding carboxylic acids is 1. The maximum Gasteiger partial charge on any atom is 0.319 e. The SMILES string of the molecule is Cc1cc(C)n(-c2cccc(NC(=O)N[C@H]3CCO[C@@H](c4ccccc4)C3)c2)n1. The molecule has 0 saturated carbocycles. The lowest BCUT2D eigenvalue weighted by molar-refractivity contribution is 0.00254. The van der Waals surface area contributed by atoms with Gasteiger partial charge in [-0.2, -0.15) is 5.10 Å². The lowest BCUT2D eigenvalue weighted by Crippen LogP contribution is -2.42. The number of ether oxygens (including phenoxy) is 1. The zero-order valence-corrected chi connectivity index (χ0v) is 16.8. The van der Waals surface area contributed by atoms with Crippen LogP contribution >= 0.6 is 0 Å². The Kier molecular flexibility index (Phi) is 5.62. The van der Waals surface area contributed by atoms with Gasteiger partial charge in [-0.05, 0) is 56.5 Å². The summed E-state index contributed by atoms with van der Waals surface area (Å²) in [4.78, 5) is 12.6. The molecule has 1 aromatic heterocycles. The van der Waals surface area contributed by atoms with Crippen molar-refractivity contribution in [2.24, 2.45) is 0 Å². The summed E-state index contributed by atoms with van der Waals surface area (Å²) in [7, 11) is 0. The third-order valence-electron chi connectivity index (χ3n) is 5.15. The molecule has 0 spiro atoms. The molecule has 6 nitrogen and oxygen atoms in total. The first-order valence-electron chi connectivity index (χ1n) is 9.96. The highest BCUT2D eigenvalue weighted by Crippen LogP contribution is 2.28. The van der Waals surface area contributed by atoms with E-state index in [0.29, 0.717) is 6.61 Å². The third-order valence-corrected chi connectivity index (χ3v) is 5.15. The zero-order chi connectivity index (χ0) is 20.2. The molecule has 1 fully saturated rings. The molecule has 2 N–H and O–H groups in total. The Balaban J connectivity index is 1.38. The van der Waals surface area contributed by atoms with E-state index < -0.39 is 0 Å². The normalized spacial score (nSPS) is 19.0. The third kappa shape index (κ3) is 4.66. The van der Waals surface area contributed by atoms with Gasteiger partial charge in [0, 0.05) is 24.0 Å². The number of amides is 2. The molecule has 4 rings (SSSR count). The second kappa shape index (κ2) is 8.49. The minimum atomic E-state index is -0.200. The molecule has 2 aromatic carbocycles. The second-order valence-electron chi connectivity index (χ2n) is 7.48. The topological polar surface area (TPSA) is 68.2 Å². The van der Waals surface area contributed by atoms with E-state index in [2.05, 4.69) is 27.9 Å². The fourth-order valence-electron chi connectivity index (χ4n) is 3.79. The maximum atomic E-state index is 12.6. The molecular weight excluding hydrogens is 364 g/mol. The number of urea groups is 1. The largest absolute Gasteiger partial charge is 0.373 e. The molecule has 2 atom stereocenters. The summed E-state index contributed by atoms with van der Waals surface area (Å²) in [6.45, 7) is 4.62. The van der Waals surface area contributed by atoms with E-state index in [1.165, 1.54) is 0 Å². The van der Waals surface area contributed by atoms with Gasteiger partial charge in [-0.25, -0.2) is 9.48 Å². The van der Waals surface area contributed by atoms with Gasteiger partial charge in [0.2, 0.25) is 0 Å². The van der Waals surface area contributed by atoms with Crippen molar-refractivity contribution in [3.05, 3.63) is 77.6 Å². The summed E-state index contributed by atoms with van der Waals surface area (Å²) < 4.78 is 7.77. The minimum Gasteiger partial charge on any atom is -0.373 e. The van der Waals surface area contributed by atoms with Crippen molar-refractivity contribution < 1.29 is 9.53 Å². The summed E-state index contributed by atoms with van der Waals surface area (Å²) in [5.74, 6) is 0. The van der Waals surface area contributed by atoms with Gasteiger partial charge in [0.15, 0.2) is 0 Å².